The van der Waals surface area contributed by atoms with Crippen LogP contribution in [0, 0.1) is 0 Å². The van der Waals surface area contributed by atoms with Crippen molar-refractivity contribution < 1.29 is 9.47 Å². The van der Waals surface area contributed by atoms with Crippen molar-refractivity contribution >= 4 is 23.1 Å². The average Bonchev–Trinajstić information content (AvgIpc) is 2.87. The van der Waals surface area contributed by atoms with E-state index in [0.717, 1.165) is 28.1 Å². The Morgan fingerprint density at radius 2 is 1.95 bits per heavy atom. The number of ether oxygens (including phenoxy) is 2. The largest absolute Gasteiger partial charge is 0.486 e. The molecule has 3 N–H and O–H groups in total. The molecule has 0 amide bonds. The van der Waals surface area contributed by atoms with E-state index in [0.29, 0.717) is 19.3 Å². The van der Waals surface area contributed by atoms with Crippen LogP contribution >= 0.6 is 11.8 Å². The van der Waals surface area contributed by atoms with Crippen LogP contribution in [0.25, 0.3) is 0 Å². The van der Waals surface area contributed by atoms with Gasteiger partial charge in [0.15, 0.2) is 11.5 Å². The first-order valence-electron chi connectivity index (χ1n) is 6.74. The third-order valence-electron chi connectivity index (χ3n) is 3.79. The van der Waals surface area contributed by atoms with Crippen molar-refractivity contribution in [2.24, 2.45) is 0 Å². The van der Waals surface area contributed by atoms with Crippen LogP contribution in [0.5, 0.6) is 11.5 Å². The molecule has 1 aliphatic carbocycles. The van der Waals surface area contributed by atoms with Gasteiger partial charge in [-0.25, -0.2) is 0 Å². The number of anilines is 2. The number of rotatable bonds is 3. The lowest BCUT2D eigenvalue weighted by atomic mass is 10.2. The first-order chi connectivity index (χ1) is 9.26. The maximum atomic E-state index is 6.09. The number of nitrogens with one attached hydrogen (secondary N) is 1. The van der Waals surface area contributed by atoms with Crippen molar-refractivity contribution in [2.45, 2.75) is 30.6 Å². The summed E-state index contributed by atoms with van der Waals surface area (Å²) in [4.78, 5) is 0. The molecule has 1 fully saturated rings. The van der Waals surface area contributed by atoms with Crippen LogP contribution in [0.4, 0.5) is 11.4 Å². The summed E-state index contributed by atoms with van der Waals surface area (Å²) >= 11 is 1.96. The number of hydrogen-bond donors (Lipinski definition) is 2. The van der Waals surface area contributed by atoms with Gasteiger partial charge in [0.05, 0.1) is 11.4 Å². The van der Waals surface area contributed by atoms with E-state index in [1.54, 1.807) is 0 Å². The van der Waals surface area contributed by atoms with Crippen molar-refractivity contribution in [1.29, 1.82) is 0 Å². The standard InChI is InChI=1S/C14H20N2O2S/c1-19-10-3-2-9(6-10)16-12-8-14-13(7-11(12)15)17-4-5-18-14/h7-10,16H,2-6,15H2,1H3. The molecule has 2 atom stereocenters. The van der Waals surface area contributed by atoms with Gasteiger partial charge in [0.1, 0.15) is 13.2 Å². The molecule has 1 saturated carbocycles. The number of nitrogens with two attached hydrogens (primary N) is 1. The fraction of sp³-hybridized carbons (Fsp3) is 0.571. The molecule has 0 aromatic heterocycles. The second kappa shape index (κ2) is 5.41. The summed E-state index contributed by atoms with van der Waals surface area (Å²) in [6, 6.07) is 4.34. The lowest BCUT2D eigenvalue weighted by Gasteiger charge is -2.22. The Morgan fingerprint density at radius 1 is 1.21 bits per heavy atom. The Labute approximate surface area is 118 Å². The third kappa shape index (κ3) is 2.71. The molecule has 1 aliphatic heterocycles. The van der Waals surface area contributed by atoms with Gasteiger partial charge >= 0.3 is 0 Å². The van der Waals surface area contributed by atoms with Crippen LogP contribution in [0.3, 0.4) is 0 Å². The van der Waals surface area contributed by atoms with E-state index >= 15 is 0 Å². The molecule has 2 aliphatic rings. The van der Waals surface area contributed by atoms with Crippen molar-refractivity contribution in [3.05, 3.63) is 12.1 Å². The maximum absolute atomic E-state index is 6.09. The highest BCUT2D eigenvalue weighted by molar-refractivity contribution is 7.99. The van der Waals surface area contributed by atoms with Crippen LogP contribution in [0.15, 0.2) is 12.1 Å². The Hall–Kier alpha value is -1.23. The second-order valence-corrected chi connectivity index (χ2v) is 6.23. The Kier molecular flexibility index (Phi) is 3.64. The van der Waals surface area contributed by atoms with E-state index < -0.39 is 0 Å². The average molecular weight is 280 g/mol. The molecule has 1 aromatic rings. The van der Waals surface area contributed by atoms with Gasteiger partial charge in [-0.1, -0.05) is 0 Å². The van der Waals surface area contributed by atoms with E-state index in [9.17, 15) is 0 Å². The van der Waals surface area contributed by atoms with Crippen LogP contribution < -0.4 is 20.5 Å². The van der Waals surface area contributed by atoms with Gasteiger partial charge in [-0.2, -0.15) is 11.8 Å². The van der Waals surface area contributed by atoms with Crippen LogP contribution in [0.2, 0.25) is 0 Å². The zero-order chi connectivity index (χ0) is 13.2. The minimum absolute atomic E-state index is 0.516. The lowest BCUT2D eigenvalue weighted by Crippen LogP contribution is -2.19. The van der Waals surface area contributed by atoms with Crippen LogP contribution in [0.1, 0.15) is 19.3 Å². The maximum Gasteiger partial charge on any atom is 0.163 e. The SMILES string of the molecule is CSC1CCC(Nc2cc3c(cc2N)OCCO3)C1. The predicted molar refractivity (Wildman–Crippen MR) is 80.4 cm³/mol. The second-order valence-electron chi connectivity index (χ2n) is 5.10. The molecule has 3 rings (SSSR count). The lowest BCUT2D eigenvalue weighted by molar-refractivity contribution is 0.172. The molecule has 104 valence electrons. The minimum atomic E-state index is 0.516. The van der Waals surface area contributed by atoms with Gasteiger partial charge in [-0.15, -0.1) is 0 Å². The molecule has 5 heteroatoms. The van der Waals surface area contributed by atoms with E-state index in [1.165, 1.54) is 19.3 Å². The molecule has 0 radical (unpaired) electrons. The number of hydrogen-bond acceptors (Lipinski definition) is 5. The van der Waals surface area contributed by atoms with Crippen LogP contribution in [-0.4, -0.2) is 30.8 Å². The molecular formula is C14H20N2O2S. The fourth-order valence-electron chi connectivity index (χ4n) is 2.73. The molecule has 19 heavy (non-hydrogen) atoms. The van der Waals surface area contributed by atoms with Crippen molar-refractivity contribution in [2.75, 3.05) is 30.5 Å². The quantitative estimate of drug-likeness (QED) is 0.834. The van der Waals surface area contributed by atoms with E-state index in [4.69, 9.17) is 15.2 Å². The molecule has 0 saturated heterocycles. The Morgan fingerprint density at radius 3 is 2.63 bits per heavy atom. The molecule has 0 bridgehead atoms. The third-order valence-corrected chi connectivity index (χ3v) is 4.89. The highest BCUT2D eigenvalue weighted by atomic mass is 32.2. The van der Waals surface area contributed by atoms with Gasteiger partial charge in [0.25, 0.3) is 0 Å². The molecular weight excluding hydrogens is 260 g/mol. The smallest absolute Gasteiger partial charge is 0.163 e. The highest BCUT2D eigenvalue weighted by Gasteiger charge is 2.25. The monoisotopic (exact) mass is 280 g/mol. The topological polar surface area (TPSA) is 56.5 Å². The Balaban J connectivity index is 1.74. The van der Waals surface area contributed by atoms with Gasteiger partial charge in [-0.3, -0.25) is 0 Å². The summed E-state index contributed by atoms with van der Waals surface area (Å²) in [6.45, 7) is 1.20. The Bertz CT molecular complexity index is 467. The first kappa shape index (κ1) is 12.8. The summed E-state index contributed by atoms with van der Waals surface area (Å²) in [7, 11) is 0. The summed E-state index contributed by atoms with van der Waals surface area (Å²) in [5.41, 5.74) is 7.79. The predicted octanol–water partition coefficient (Wildman–Crippen LogP) is 2.74. The summed E-state index contributed by atoms with van der Waals surface area (Å²) < 4.78 is 11.1. The van der Waals surface area contributed by atoms with Crippen molar-refractivity contribution in [3.63, 3.8) is 0 Å². The number of nitrogen functional groups attached to an aromatic ring is 1. The summed E-state index contributed by atoms with van der Waals surface area (Å²) in [6.07, 6.45) is 5.88. The molecule has 1 heterocycles. The summed E-state index contributed by atoms with van der Waals surface area (Å²) in [5, 5.41) is 4.32. The van der Waals surface area contributed by atoms with Crippen molar-refractivity contribution in [1.82, 2.24) is 0 Å². The fourth-order valence-corrected chi connectivity index (χ4v) is 3.53. The molecule has 1 aromatic carbocycles. The van der Waals surface area contributed by atoms with Gasteiger partial charge in [-0.05, 0) is 25.5 Å². The zero-order valence-corrected chi connectivity index (χ0v) is 12.0. The van der Waals surface area contributed by atoms with Gasteiger partial charge < -0.3 is 20.5 Å². The number of benzene rings is 1. The highest BCUT2D eigenvalue weighted by Crippen LogP contribution is 2.38. The molecule has 0 spiro atoms. The van der Waals surface area contributed by atoms with E-state index in [-0.39, 0.29) is 0 Å². The number of fused-ring (bicyclic) bond motifs is 1. The first-order valence-corrected chi connectivity index (χ1v) is 8.03. The van der Waals surface area contributed by atoms with E-state index in [1.807, 2.05) is 23.9 Å². The normalized spacial score (nSPS) is 25.3. The van der Waals surface area contributed by atoms with Crippen molar-refractivity contribution in [3.8, 4) is 11.5 Å². The van der Waals surface area contributed by atoms with Gasteiger partial charge in [0, 0.05) is 23.4 Å². The number of thioether (sulfide) groups is 1. The molecule has 4 nitrogen and oxygen atoms in total. The van der Waals surface area contributed by atoms with Crippen LogP contribution in [-0.2, 0) is 0 Å². The minimum Gasteiger partial charge on any atom is -0.486 e. The molecule has 2 unspecified atom stereocenters. The summed E-state index contributed by atoms with van der Waals surface area (Å²) in [5.74, 6) is 1.55. The van der Waals surface area contributed by atoms with Gasteiger partial charge in [0.2, 0.25) is 0 Å². The van der Waals surface area contributed by atoms with E-state index in [2.05, 4.69) is 11.6 Å². The zero-order valence-electron chi connectivity index (χ0n) is 11.1.